The van der Waals surface area contributed by atoms with Crippen molar-refractivity contribution in [2.45, 2.75) is 142 Å². The molecule has 0 spiro atoms. The summed E-state index contributed by atoms with van der Waals surface area (Å²) in [7, 11) is 3.81. The van der Waals surface area contributed by atoms with E-state index < -0.39 is 83.9 Å². The first-order valence-corrected chi connectivity index (χ1v) is 15.9. The molecule has 0 aliphatic carbocycles. The maximum Gasteiger partial charge on any atom is 0.509 e. The number of rotatable bonds is 6. The fourth-order valence-electron chi connectivity index (χ4n) is 7.97. The number of carbonyl (C=O) groups is 4. The van der Waals surface area contributed by atoms with Crippen LogP contribution in [0.1, 0.15) is 81.6 Å². The molecule has 4 fully saturated rings. The Morgan fingerprint density at radius 1 is 1.05 bits per heavy atom. The van der Waals surface area contributed by atoms with Crippen LogP contribution in [0.2, 0.25) is 0 Å². The maximum atomic E-state index is 14.0. The van der Waals surface area contributed by atoms with Gasteiger partial charge in [-0.05, 0) is 67.0 Å². The summed E-state index contributed by atoms with van der Waals surface area (Å²) in [6.45, 7) is 15.9. The van der Waals surface area contributed by atoms with Crippen molar-refractivity contribution in [2.75, 3.05) is 14.1 Å². The first kappa shape index (κ1) is 34.6. The molecule has 4 aliphatic rings. The van der Waals surface area contributed by atoms with E-state index in [0.717, 1.165) is 0 Å². The van der Waals surface area contributed by atoms with E-state index in [1.807, 2.05) is 53.6 Å². The van der Waals surface area contributed by atoms with E-state index in [1.54, 1.807) is 13.8 Å². The highest BCUT2D eigenvalue weighted by atomic mass is 16.8. The molecule has 4 aliphatic heterocycles. The third-order valence-electron chi connectivity index (χ3n) is 10.2. The monoisotopic (exact) mass is 625 g/mol. The van der Waals surface area contributed by atoms with Crippen molar-refractivity contribution < 1.29 is 52.3 Å². The highest BCUT2D eigenvalue weighted by Crippen LogP contribution is 2.48. The standard InChI is InChI=1S/C32H51NO11/c1-12-22-32(9,44-30(37)40-22)27-19(6)24-15(2)14-31(8,43-24)26(17(4)23(35)18(5)28(36)41-27)42-29-25(39-20(7)34)21(33(10)11)13-16(3)38-29/h15-19,21-22,24-27,29H,12-14H2,1-11H3/t15?,16?,17-,18+,19-,21?,22+,24?,25?,26+,27+,29-,31?,32+/m0/s1. The molecule has 0 N–H and O–H groups in total. The molecule has 4 rings (SSSR count). The van der Waals surface area contributed by atoms with Gasteiger partial charge in [0.05, 0.1) is 30.0 Å². The SMILES string of the molecule is CC[C@H]1OC(=O)O[C@@]1(C)[C@@H]1OC(=O)[C@H](C)C(=O)[C@H](C)[C@@H](O[C@@H]2OC(C)CC(N(C)C)C2OC(C)=O)C2(C)CC(C)C(O2)[C@@H]1C. The van der Waals surface area contributed by atoms with Gasteiger partial charge in [0.25, 0.3) is 0 Å². The maximum absolute atomic E-state index is 14.0. The van der Waals surface area contributed by atoms with E-state index in [9.17, 15) is 19.2 Å². The van der Waals surface area contributed by atoms with Gasteiger partial charge in [-0.25, -0.2) is 4.79 Å². The first-order valence-electron chi connectivity index (χ1n) is 15.9. The average Bonchev–Trinajstić information content (AvgIpc) is 3.42. The summed E-state index contributed by atoms with van der Waals surface area (Å²) in [5.74, 6) is -4.03. The third-order valence-corrected chi connectivity index (χ3v) is 10.2. The molecule has 14 atom stereocenters. The molecule has 0 aromatic heterocycles. The lowest BCUT2D eigenvalue weighted by Gasteiger charge is -2.46. The van der Waals surface area contributed by atoms with Crippen molar-refractivity contribution in [3.8, 4) is 0 Å². The summed E-state index contributed by atoms with van der Waals surface area (Å²) in [6.07, 6.45) is -4.09. The number of Topliss-reactive ketones (excluding diaryl/α,β-unsaturated/α-hetero) is 1. The van der Waals surface area contributed by atoms with Crippen LogP contribution >= 0.6 is 0 Å². The number of ether oxygens (including phenoxy) is 7. The summed E-state index contributed by atoms with van der Waals surface area (Å²) in [6, 6.07) is -0.191. The van der Waals surface area contributed by atoms with Crippen LogP contribution in [0.3, 0.4) is 0 Å². The van der Waals surface area contributed by atoms with E-state index >= 15 is 0 Å². The van der Waals surface area contributed by atoms with Gasteiger partial charge in [0.1, 0.15) is 18.1 Å². The number of esters is 2. The third kappa shape index (κ3) is 6.37. The molecule has 44 heavy (non-hydrogen) atoms. The lowest BCUT2D eigenvalue weighted by molar-refractivity contribution is -0.298. The van der Waals surface area contributed by atoms with Crippen LogP contribution < -0.4 is 0 Å². The van der Waals surface area contributed by atoms with E-state index in [2.05, 4.69) is 0 Å². The zero-order valence-electron chi connectivity index (χ0n) is 28.0. The smallest absolute Gasteiger partial charge is 0.457 e. The van der Waals surface area contributed by atoms with Crippen molar-refractivity contribution in [1.82, 2.24) is 4.90 Å². The minimum absolute atomic E-state index is 0.0480. The zero-order valence-corrected chi connectivity index (χ0v) is 28.0. The lowest BCUT2D eigenvalue weighted by atomic mass is 9.76. The number of ketones is 1. The average molecular weight is 626 g/mol. The van der Waals surface area contributed by atoms with E-state index in [-0.39, 0.29) is 23.8 Å². The van der Waals surface area contributed by atoms with Gasteiger partial charge in [-0.3, -0.25) is 14.4 Å². The highest BCUT2D eigenvalue weighted by molar-refractivity contribution is 6.00. The van der Waals surface area contributed by atoms with Gasteiger partial charge in [-0.2, -0.15) is 0 Å². The molecular weight excluding hydrogens is 574 g/mol. The molecule has 0 amide bonds. The molecule has 4 saturated heterocycles. The van der Waals surface area contributed by atoms with Crippen molar-refractivity contribution in [2.24, 2.45) is 23.7 Å². The first-order chi connectivity index (χ1) is 20.4. The second-order valence-corrected chi connectivity index (χ2v) is 14.0. The summed E-state index contributed by atoms with van der Waals surface area (Å²) in [5, 5.41) is 0. The van der Waals surface area contributed by atoms with Gasteiger partial charge >= 0.3 is 18.1 Å². The molecule has 12 heteroatoms. The van der Waals surface area contributed by atoms with Crippen LogP contribution in [0.4, 0.5) is 4.79 Å². The Labute approximate surface area is 260 Å². The Kier molecular flexibility index (Phi) is 10.1. The molecule has 2 bridgehead atoms. The fourth-order valence-corrected chi connectivity index (χ4v) is 7.97. The number of cyclic esters (lactones) is 3. The molecule has 0 aromatic carbocycles. The summed E-state index contributed by atoms with van der Waals surface area (Å²) < 4.78 is 42.9. The number of carbonyl (C=O) groups excluding carboxylic acids is 4. The number of fused-ring (bicyclic) bond motifs is 2. The molecule has 250 valence electrons. The number of hydrogen-bond donors (Lipinski definition) is 0. The van der Waals surface area contributed by atoms with Gasteiger partial charge in [0.15, 0.2) is 23.8 Å². The topological polar surface area (TPSA) is 136 Å². The predicted octanol–water partition coefficient (Wildman–Crippen LogP) is 3.66. The Hall–Kier alpha value is -2.28. The van der Waals surface area contributed by atoms with Gasteiger partial charge in [0.2, 0.25) is 0 Å². The van der Waals surface area contributed by atoms with E-state index in [1.165, 1.54) is 13.8 Å². The fraction of sp³-hybridized carbons (Fsp3) is 0.875. The molecule has 12 nitrogen and oxygen atoms in total. The molecule has 0 saturated carbocycles. The molecule has 6 unspecified atom stereocenters. The van der Waals surface area contributed by atoms with Crippen molar-refractivity contribution >= 4 is 23.9 Å². The Bertz CT molecular complexity index is 1110. The van der Waals surface area contributed by atoms with Crippen LogP contribution in [0.5, 0.6) is 0 Å². The number of hydrogen-bond acceptors (Lipinski definition) is 12. The Balaban J connectivity index is 1.76. The minimum atomic E-state index is -1.29. The van der Waals surface area contributed by atoms with Crippen LogP contribution in [-0.4, -0.2) is 103 Å². The van der Waals surface area contributed by atoms with Crippen LogP contribution in [0.25, 0.3) is 0 Å². The zero-order chi connectivity index (χ0) is 32.9. The van der Waals surface area contributed by atoms with E-state index in [0.29, 0.717) is 19.3 Å². The largest absolute Gasteiger partial charge is 0.509 e. The predicted molar refractivity (Wildman–Crippen MR) is 156 cm³/mol. The minimum Gasteiger partial charge on any atom is -0.457 e. The molecular formula is C32H51NO11. The van der Waals surface area contributed by atoms with Gasteiger partial charge in [0, 0.05) is 18.8 Å². The molecule has 0 aromatic rings. The second-order valence-electron chi connectivity index (χ2n) is 14.0. The van der Waals surface area contributed by atoms with E-state index in [4.69, 9.17) is 33.2 Å². The molecule has 4 heterocycles. The normalized spacial score (nSPS) is 46.6. The number of likely N-dealkylation sites (N-methyl/N-ethyl adjacent to an activating group) is 1. The Morgan fingerprint density at radius 2 is 1.70 bits per heavy atom. The van der Waals surface area contributed by atoms with Crippen molar-refractivity contribution in [3.05, 3.63) is 0 Å². The van der Waals surface area contributed by atoms with Gasteiger partial charge in [-0.1, -0.05) is 27.7 Å². The quantitative estimate of drug-likeness (QED) is 0.242. The highest BCUT2D eigenvalue weighted by Gasteiger charge is 2.61. The van der Waals surface area contributed by atoms with Crippen molar-refractivity contribution in [1.29, 1.82) is 0 Å². The lowest BCUT2D eigenvalue weighted by Crippen LogP contribution is -2.59. The second kappa shape index (κ2) is 12.8. The summed E-state index contributed by atoms with van der Waals surface area (Å²) in [5.41, 5.74) is -2.27. The molecule has 0 radical (unpaired) electrons. The van der Waals surface area contributed by atoms with Crippen LogP contribution in [-0.2, 0) is 47.5 Å². The summed E-state index contributed by atoms with van der Waals surface area (Å²) in [4.78, 5) is 54.1. The van der Waals surface area contributed by atoms with Gasteiger partial charge < -0.3 is 38.1 Å². The van der Waals surface area contributed by atoms with Crippen molar-refractivity contribution in [3.63, 3.8) is 0 Å². The van der Waals surface area contributed by atoms with Gasteiger partial charge in [-0.15, -0.1) is 0 Å². The Morgan fingerprint density at radius 3 is 2.30 bits per heavy atom. The van der Waals surface area contributed by atoms with Crippen LogP contribution in [0, 0.1) is 23.7 Å². The number of nitrogens with zero attached hydrogens (tertiary/aromatic N) is 1. The van der Waals surface area contributed by atoms with Crippen LogP contribution in [0.15, 0.2) is 0 Å². The summed E-state index contributed by atoms with van der Waals surface area (Å²) >= 11 is 0.